The summed E-state index contributed by atoms with van der Waals surface area (Å²) in [5.74, 6) is 0.315. The first kappa shape index (κ1) is 26.6. The number of methoxy groups -OCH3 is 1. The van der Waals surface area contributed by atoms with E-state index in [1.54, 1.807) is 6.08 Å². The molecular formula is C27H33ClN6O3. The minimum Gasteiger partial charge on any atom is -0.481 e. The average Bonchev–Trinajstić information content (AvgIpc) is 3.05. The molecule has 1 fully saturated rings. The van der Waals surface area contributed by atoms with Gasteiger partial charge in [0.05, 0.1) is 24.2 Å². The summed E-state index contributed by atoms with van der Waals surface area (Å²) in [6, 6.07) is 8.89. The number of ether oxygens (including phenoxy) is 1. The molecule has 0 bridgehead atoms. The fourth-order valence-corrected chi connectivity index (χ4v) is 4.85. The number of halogens is 1. The number of nitrogens with one attached hydrogen (secondary N) is 1. The zero-order chi connectivity index (χ0) is 26.5. The molecule has 0 saturated carbocycles. The summed E-state index contributed by atoms with van der Waals surface area (Å²) in [5, 5.41) is 3.14. The van der Waals surface area contributed by atoms with Crippen molar-refractivity contribution in [1.82, 2.24) is 24.3 Å². The second-order valence-electron chi connectivity index (χ2n) is 9.52. The van der Waals surface area contributed by atoms with E-state index in [1.807, 2.05) is 55.1 Å². The molecule has 2 amide bonds. The molecule has 1 aliphatic heterocycles. The van der Waals surface area contributed by atoms with E-state index >= 15 is 0 Å². The van der Waals surface area contributed by atoms with Gasteiger partial charge in [0.25, 0.3) is 5.91 Å². The standard InChI is InChI=1S/C27H33ClN6O3/c1-18-9-7-11-21-25(18)34(20-10-5-6-14-33(17-20)24(35)12-8-13-32(2)3)27(29-21)31-26(36)19-15-22(28)30-23(16-19)37-4/h7-9,11-12,15-16,20H,5-6,10,13-14,17H2,1-4H3,(H,29,31,36)/b12-8+. The lowest BCUT2D eigenvalue weighted by Crippen LogP contribution is -2.35. The molecule has 1 aliphatic rings. The molecule has 10 heteroatoms. The van der Waals surface area contributed by atoms with Crippen molar-refractivity contribution in [2.24, 2.45) is 0 Å². The number of carbonyl (C=O) groups excluding carboxylic acids is 2. The van der Waals surface area contributed by atoms with Crippen LogP contribution < -0.4 is 10.1 Å². The van der Waals surface area contributed by atoms with E-state index in [1.165, 1.54) is 19.2 Å². The number of aryl methyl sites for hydroxylation is 1. The molecule has 9 nitrogen and oxygen atoms in total. The molecule has 4 rings (SSSR count). The zero-order valence-electron chi connectivity index (χ0n) is 21.7. The highest BCUT2D eigenvalue weighted by Crippen LogP contribution is 2.32. The van der Waals surface area contributed by atoms with Gasteiger partial charge in [-0.3, -0.25) is 14.9 Å². The molecule has 1 unspecified atom stereocenters. The normalized spacial score (nSPS) is 16.4. The van der Waals surface area contributed by atoms with Crippen LogP contribution in [0.4, 0.5) is 5.95 Å². The van der Waals surface area contributed by atoms with Crippen molar-refractivity contribution < 1.29 is 14.3 Å². The number of para-hydroxylation sites is 1. The van der Waals surface area contributed by atoms with Gasteiger partial charge in [0.2, 0.25) is 17.7 Å². The average molecular weight is 525 g/mol. The Morgan fingerprint density at radius 3 is 2.81 bits per heavy atom. The maximum absolute atomic E-state index is 13.3. The quantitative estimate of drug-likeness (QED) is 0.365. The van der Waals surface area contributed by atoms with Crippen molar-refractivity contribution >= 4 is 40.4 Å². The lowest BCUT2D eigenvalue weighted by Gasteiger charge is -2.26. The van der Waals surface area contributed by atoms with Crippen molar-refractivity contribution in [1.29, 1.82) is 0 Å². The summed E-state index contributed by atoms with van der Waals surface area (Å²) >= 11 is 6.09. The predicted octanol–water partition coefficient (Wildman–Crippen LogP) is 4.33. The summed E-state index contributed by atoms with van der Waals surface area (Å²) in [7, 11) is 5.40. The monoisotopic (exact) mass is 524 g/mol. The highest BCUT2D eigenvalue weighted by atomic mass is 35.5. The van der Waals surface area contributed by atoms with E-state index in [2.05, 4.69) is 14.9 Å². The Balaban J connectivity index is 1.68. The second kappa shape index (κ2) is 11.7. The molecule has 196 valence electrons. The molecule has 1 N–H and O–H groups in total. The van der Waals surface area contributed by atoms with E-state index in [0.717, 1.165) is 35.9 Å². The number of likely N-dealkylation sites (N-methyl/N-ethyl adjacent to an activating group) is 1. The van der Waals surface area contributed by atoms with Crippen molar-refractivity contribution in [2.75, 3.05) is 46.2 Å². The maximum atomic E-state index is 13.3. The van der Waals surface area contributed by atoms with Crippen LogP contribution in [0.1, 0.15) is 41.2 Å². The molecule has 2 aromatic heterocycles. The van der Waals surface area contributed by atoms with Crippen LogP contribution in [0, 0.1) is 6.92 Å². The van der Waals surface area contributed by atoms with Crippen molar-refractivity contribution in [2.45, 2.75) is 32.2 Å². The molecule has 0 aliphatic carbocycles. The summed E-state index contributed by atoms with van der Waals surface area (Å²) < 4.78 is 7.25. The number of carbonyl (C=O) groups is 2. The number of hydrogen-bond acceptors (Lipinski definition) is 6. The summed E-state index contributed by atoms with van der Waals surface area (Å²) in [6.45, 7) is 3.96. The van der Waals surface area contributed by atoms with Gasteiger partial charge in [-0.1, -0.05) is 29.8 Å². The number of benzene rings is 1. The fraction of sp³-hybridized carbons (Fsp3) is 0.407. The van der Waals surface area contributed by atoms with Crippen molar-refractivity contribution in [3.8, 4) is 5.88 Å². The van der Waals surface area contributed by atoms with Crippen molar-refractivity contribution in [3.05, 3.63) is 58.8 Å². The molecule has 1 aromatic carbocycles. The van der Waals surface area contributed by atoms with Crippen LogP contribution in [0.25, 0.3) is 11.0 Å². The van der Waals surface area contributed by atoms with Crippen LogP contribution in [0.2, 0.25) is 5.15 Å². The number of nitrogens with zero attached hydrogens (tertiary/aromatic N) is 5. The number of pyridine rings is 1. The Bertz CT molecular complexity index is 1320. The highest BCUT2D eigenvalue weighted by Gasteiger charge is 2.27. The molecule has 3 aromatic rings. The Morgan fingerprint density at radius 2 is 2.05 bits per heavy atom. The predicted molar refractivity (Wildman–Crippen MR) is 145 cm³/mol. The van der Waals surface area contributed by atoms with Gasteiger partial charge in [-0.15, -0.1) is 0 Å². The Hall–Kier alpha value is -3.43. The van der Waals surface area contributed by atoms with Crippen molar-refractivity contribution in [3.63, 3.8) is 0 Å². The van der Waals surface area contributed by atoms with Gasteiger partial charge in [0.1, 0.15) is 5.15 Å². The Morgan fingerprint density at radius 1 is 1.24 bits per heavy atom. The second-order valence-corrected chi connectivity index (χ2v) is 9.91. The topological polar surface area (TPSA) is 92.6 Å². The third kappa shape index (κ3) is 6.29. The molecule has 0 spiro atoms. The number of aromatic nitrogens is 3. The van der Waals surface area contributed by atoms with E-state index < -0.39 is 0 Å². The smallest absolute Gasteiger partial charge is 0.258 e. The lowest BCUT2D eigenvalue weighted by atomic mass is 10.1. The third-order valence-corrected chi connectivity index (χ3v) is 6.63. The van der Waals surface area contributed by atoms with Crippen LogP contribution in [0.15, 0.2) is 42.5 Å². The molecule has 1 atom stereocenters. The van der Waals surface area contributed by atoms with Gasteiger partial charge in [-0.25, -0.2) is 9.97 Å². The summed E-state index contributed by atoms with van der Waals surface area (Å²) in [6.07, 6.45) is 6.29. The number of imidazole rings is 1. The van der Waals surface area contributed by atoms with Crippen LogP contribution in [-0.2, 0) is 4.79 Å². The van der Waals surface area contributed by atoms with Crippen LogP contribution >= 0.6 is 11.6 Å². The van der Waals surface area contributed by atoms with Crippen LogP contribution in [0.3, 0.4) is 0 Å². The van der Waals surface area contributed by atoms with Crippen LogP contribution in [0.5, 0.6) is 5.88 Å². The molecule has 0 radical (unpaired) electrons. The minimum absolute atomic E-state index is 0.000925. The van der Waals surface area contributed by atoms with Gasteiger partial charge in [-0.2, -0.15) is 0 Å². The maximum Gasteiger partial charge on any atom is 0.258 e. The Kier molecular flexibility index (Phi) is 8.45. The minimum atomic E-state index is -0.370. The van der Waals surface area contributed by atoms with E-state index in [-0.39, 0.29) is 28.9 Å². The number of hydrogen-bond donors (Lipinski definition) is 1. The first-order valence-corrected chi connectivity index (χ1v) is 12.7. The number of amides is 2. The first-order chi connectivity index (χ1) is 17.8. The summed E-state index contributed by atoms with van der Waals surface area (Å²) in [5.41, 5.74) is 3.10. The molecule has 1 saturated heterocycles. The first-order valence-electron chi connectivity index (χ1n) is 12.4. The largest absolute Gasteiger partial charge is 0.481 e. The molecule has 37 heavy (non-hydrogen) atoms. The van der Waals surface area contributed by atoms with E-state index in [4.69, 9.17) is 21.3 Å². The van der Waals surface area contributed by atoms with E-state index in [0.29, 0.717) is 31.1 Å². The third-order valence-electron chi connectivity index (χ3n) is 6.43. The highest BCUT2D eigenvalue weighted by molar-refractivity contribution is 6.30. The van der Waals surface area contributed by atoms with Gasteiger partial charge in [0, 0.05) is 37.3 Å². The molecule has 3 heterocycles. The van der Waals surface area contributed by atoms with Crippen LogP contribution in [-0.4, -0.2) is 77.0 Å². The van der Waals surface area contributed by atoms with Gasteiger partial charge >= 0.3 is 0 Å². The van der Waals surface area contributed by atoms with Gasteiger partial charge in [0.15, 0.2) is 0 Å². The van der Waals surface area contributed by atoms with E-state index in [9.17, 15) is 9.59 Å². The van der Waals surface area contributed by atoms with Gasteiger partial charge < -0.3 is 19.1 Å². The summed E-state index contributed by atoms with van der Waals surface area (Å²) in [4.78, 5) is 39.0. The number of likely N-dealkylation sites (tertiary alicyclic amines) is 1. The zero-order valence-corrected chi connectivity index (χ0v) is 22.5. The molecular weight excluding hydrogens is 492 g/mol. The number of rotatable bonds is 7. The Labute approximate surface area is 222 Å². The lowest BCUT2D eigenvalue weighted by molar-refractivity contribution is -0.126. The SMILES string of the molecule is COc1cc(C(=O)Nc2nc3cccc(C)c3n2C2CCCCN(C(=O)/C=C/CN(C)C)C2)cc(Cl)n1. The number of anilines is 1. The fourth-order valence-electron chi connectivity index (χ4n) is 4.65. The number of fused-ring (bicyclic) bond motifs is 1. The van der Waals surface area contributed by atoms with Gasteiger partial charge in [-0.05, 0) is 58.0 Å².